The standard InChI is InChI=1S/C40H37ClFN5O9S/c1-3-44-23-29(40(50)56-24(2)39(49)47-34(35-5-4-16-53-35)21-31(43-47)25-6-8-26(41)9-7-25)38(48)28-20-30(42)33(22-32(28)44)45-12-14-46(15-13-45)57(51,52)27-10-11-36-37(19-27)55-18-17-54-36/h4-11,16,19-20,22-24,34H,3,12-15,17-18,21H2,1-2H3. The molecule has 0 saturated carbocycles. The van der Waals surface area contributed by atoms with Gasteiger partial charge in [-0.3, -0.25) is 9.59 Å². The van der Waals surface area contributed by atoms with Crippen molar-refractivity contribution in [3.8, 4) is 11.5 Å². The number of sulfonamides is 1. The monoisotopic (exact) mass is 817 g/mol. The number of amides is 1. The number of rotatable bonds is 9. The molecule has 3 aliphatic rings. The summed E-state index contributed by atoms with van der Waals surface area (Å²) < 4.78 is 68.1. The number of furan rings is 1. The lowest BCUT2D eigenvalue weighted by atomic mass is 10.0. The number of hydrogen-bond acceptors (Lipinski definition) is 11. The van der Waals surface area contributed by atoms with Crippen LogP contribution in [0.15, 0.2) is 98.4 Å². The molecule has 296 valence electrons. The van der Waals surface area contributed by atoms with Crippen molar-refractivity contribution in [1.29, 1.82) is 0 Å². The van der Waals surface area contributed by atoms with Crippen LogP contribution in [0.2, 0.25) is 5.02 Å². The van der Waals surface area contributed by atoms with Crippen molar-refractivity contribution in [3.63, 3.8) is 0 Å². The average molecular weight is 818 g/mol. The molecule has 0 bridgehead atoms. The normalized spacial score (nSPS) is 17.8. The SMILES string of the molecule is CCn1cc(C(=O)OC(C)C(=O)N2N=C(c3ccc(Cl)cc3)CC2c2ccco2)c(=O)c2cc(F)c(N3CCN(S(=O)(=O)c4ccc5c(c4)OCCO5)CC3)cc21. The second-order valence-corrected chi connectivity index (χ2v) is 16.1. The first-order valence-electron chi connectivity index (χ1n) is 18.3. The number of hydrogen-bond donors (Lipinski definition) is 0. The molecule has 0 aliphatic carbocycles. The number of nitrogens with zero attached hydrogens (tertiary/aromatic N) is 5. The van der Waals surface area contributed by atoms with Gasteiger partial charge in [-0.25, -0.2) is 22.6 Å². The largest absolute Gasteiger partial charge is 0.486 e. The van der Waals surface area contributed by atoms with Crippen molar-refractivity contribution in [2.75, 3.05) is 44.3 Å². The van der Waals surface area contributed by atoms with Gasteiger partial charge in [0.25, 0.3) is 5.91 Å². The zero-order valence-corrected chi connectivity index (χ0v) is 32.5. The molecule has 1 amide bonds. The van der Waals surface area contributed by atoms with Crippen molar-refractivity contribution in [1.82, 2.24) is 13.9 Å². The molecule has 3 aromatic carbocycles. The van der Waals surface area contributed by atoms with Crippen molar-refractivity contribution < 1.29 is 41.0 Å². The molecule has 0 spiro atoms. The number of esters is 1. The van der Waals surface area contributed by atoms with Gasteiger partial charge in [0, 0.05) is 61.8 Å². The fourth-order valence-electron chi connectivity index (χ4n) is 7.24. The van der Waals surface area contributed by atoms with Crippen LogP contribution in [0.25, 0.3) is 10.9 Å². The van der Waals surface area contributed by atoms with Gasteiger partial charge in [0.2, 0.25) is 15.5 Å². The zero-order chi connectivity index (χ0) is 40.0. The van der Waals surface area contributed by atoms with Crippen LogP contribution < -0.4 is 19.8 Å². The van der Waals surface area contributed by atoms with Crippen LogP contribution in [0, 0.1) is 5.82 Å². The van der Waals surface area contributed by atoms with E-state index < -0.39 is 45.3 Å². The van der Waals surface area contributed by atoms with Crippen LogP contribution in [-0.2, 0) is 26.1 Å². The van der Waals surface area contributed by atoms with E-state index in [1.54, 1.807) is 58.9 Å². The second kappa shape index (κ2) is 15.3. The maximum atomic E-state index is 15.9. The van der Waals surface area contributed by atoms with Gasteiger partial charge in [0.05, 0.1) is 28.1 Å². The Balaban J connectivity index is 0.995. The van der Waals surface area contributed by atoms with Crippen molar-refractivity contribution in [3.05, 3.63) is 117 Å². The number of benzene rings is 3. The summed E-state index contributed by atoms with van der Waals surface area (Å²) in [5.74, 6) is -1.08. The Kier molecular flexibility index (Phi) is 10.3. The van der Waals surface area contributed by atoms with Crippen LogP contribution in [0.3, 0.4) is 0 Å². The minimum absolute atomic E-state index is 0.0546. The molecule has 0 radical (unpaired) electrons. The molecule has 0 N–H and O–H groups in total. The third kappa shape index (κ3) is 7.24. The highest BCUT2D eigenvalue weighted by Crippen LogP contribution is 2.36. The average Bonchev–Trinajstić information content (AvgIpc) is 3.92. The fraction of sp³-hybridized carbons (Fsp3) is 0.300. The fourth-order valence-corrected chi connectivity index (χ4v) is 8.81. The van der Waals surface area contributed by atoms with E-state index in [1.165, 1.54) is 46.9 Å². The van der Waals surface area contributed by atoms with Gasteiger partial charge in [-0.05, 0) is 67.9 Å². The summed E-state index contributed by atoms with van der Waals surface area (Å²) in [4.78, 5) is 42.9. The Morgan fingerprint density at radius 3 is 2.44 bits per heavy atom. The summed E-state index contributed by atoms with van der Waals surface area (Å²) in [6.07, 6.45) is 1.80. The number of piperazine rings is 1. The Labute approximate surface area is 331 Å². The Bertz CT molecular complexity index is 2570. The van der Waals surface area contributed by atoms with Crippen LogP contribution in [0.5, 0.6) is 11.5 Å². The maximum absolute atomic E-state index is 15.9. The molecule has 2 atom stereocenters. The number of aryl methyl sites for hydroxylation is 1. The molecule has 3 aliphatic heterocycles. The van der Waals surface area contributed by atoms with Gasteiger partial charge in [-0.1, -0.05) is 23.7 Å². The van der Waals surface area contributed by atoms with Gasteiger partial charge in [-0.2, -0.15) is 9.41 Å². The van der Waals surface area contributed by atoms with E-state index in [2.05, 4.69) is 5.10 Å². The third-order valence-corrected chi connectivity index (χ3v) is 12.4. The summed E-state index contributed by atoms with van der Waals surface area (Å²) in [5, 5.41) is 6.28. The highest BCUT2D eigenvalue weighted by molar-refractivity contribution is 7.89. The van der Waals surface area contributed by atoms with E-state index in [-0.39, 0.29) is 47.7 Å². The van der Waals surface area contributed by atoms with Crippen molar-refractivity contribution >= 4 is 55.8 Å². The van der Waals surface area contributed by atoms with E-state index in [0.717, 1.165) is 11.6 Å². The van der Waals surface area contributed by atoms with Gasteiger partial charge in [0.15, 0.2) is 17.6 Å². The van der Waals surface area contributed by atoms with Gasteiger partial charge < -0.3 is 28.1 Å². The predicted molar refractivity (Wildman–Crippen MR) is 208 cm³/mol. The van der Waals surface area contributed by atoms with E-state index in [4.69, 9.17) is 30.2 Å². The highest BCUT2D eigenvalue weighted by Gasteiger charge is 2.38. The molecule has 5 aromatic rings. The predicted octanol–water partition coefficient (Wildman–Crippen LogP) is 5.61. The Hall–Kier alpha value is -5.71. The zero-order valence-electron chi connectivity index (χ0n) is 30.9. The summed E-state index contributed by atoms with van der Waals surface area (Å²) in [5.41, 5.74) is 0.774. The first kappa shape index (κ1) is 38.2. The molecular formula is C40H37ClFN5O9S. The molecule has 17 heteroatoms. The van der Waals surface area contributed by atoms with Crippen LogP contribution in [0.4, 0.5) is 10.1 Å². The number of halogens is 2. The Morgan fingerprint density at radius 1 is 1.00 bits per heavy atom. The molecule has 1 saturated heterocycles. The van der Waals surface area contributed by atoms with E-state index in [0.29, 0.717) is 59.7 Å². The lowest BCUT2D eigenvalue weighted by Crippen LogP contribution is -2.49. The van der Waals surface area contributed by atoms with Gasteiger partial charge >= 0.3 is 5.97 Å². The maximum Gasteiger partial charge on any atom is 0.344 e. The molecule has 5 heterocycles. The number of aromatic nitrogens is 1. The van der Waals surface area contributed by atoms with Crippen LogP contribution in [0.1, 0.15) is 48.0 Å². The number of pyridine rings is 1. The summed E-state index contributed by atoms with van der Waals surface area (Å²) in [6.45, 7) is 4.74. The molecule has 2 unspecified atom stereocenters. The Morgan fingerprint density at radius 2 is 1.74 bits per heavy atom. The molecular weight excluding hydrogens is 781 g/mol. The number of anilines is 1. The summed E-state index contributed by atoms with van der Waals surface area (Å²) in [6, 6.07) is 16.9. The molecule has 57 heavy (non-hydrogen) atoms. The number of carbonyl (C=O) groups is 2. The highest BCUT2D eigenvalue weighted by atomic mass is 35.5. The third-order valence-electron chi connectivity index (χ3n) is 10.3. The van der Waals surface area contributed by atoms with Gasteiger partial charge in [0.1, 0.15) is 36.4 Å². The van der Waals surface area contributed by atoms with Crippen molar-refractivity contribution in [2.45, 2.75) is 43.9 Å². The second-order valence-electron chi connectivity index (χ2n) is 13.7. The topological polar surface area (TPSA) is 153 Å². The lowest BCUT2D eigenvalue weighted by Gasteiger charge is -2.35. The van der Waals surface area contributed by atoms with Crippen molar-refractivity contribution in [2.24, 2.45) is 5.10 Å². The molecule has 1 fully saturated rings. The van der Waals surface area contributed by atoms with E-state index in [9.17, 15) is 22.8 Å². The lowest BCUT2D eigenvalue weighted by molar-refractivity contribution is -0.142. The summed E-state index contributed by atoms with van der Waals surface area (Å²) in [7, 11) is -3.87. The number of fused-ring (bicyclic) bond motifs is 2. The van der Waals surface area contributed by atoms with Crippen LogP contribution >= 0.6 is 11.6 Å². The minimum Gasteiger partial charge on any atom is -0.486 e. The first-order valence-corrected chi connectivity index (χ1v) is 20.2. The molecule has 8 rings (SSSR count). The van der Waals surface area contributed by atoms with E-state index >= 15 is 4.39 Å². The smallest absolute Gasteiger partial charge is 0.344 e. The molecule has 14 nitrogen and oxygen atoms in total. The summed E-state index contributed by atoms with van der Waals surface area (Å²) >= 11 is 6.07. The number of ether oxygens (including phenoxy) is 3. The van der Waals surface area contributed by atoms with Gasteiger partial charge in [-0.15, -0.1) is 0 Å². The molecule has 2 aromatic heterocycles. The van der Waals surface area contributed by atoms with E-state index in [1.807, 2.05) is 0 Å². The quantitative estimate of drug-likeness (QED) is 0.172. The first-order chi connectivity index (χ1) is 27.4. The minimum atomic E-state index is -3.87. The van der Waals surface area contributed by atoms with Crippen LogP contribution in [-0.4, -0.2) is 85.4 Å². The number of carbonyl (C=O) groups excluding carboxylic acids is 2. The number of hydrazone groups is 1.